The highest BCUT2D eigenvalue weighted by Gasteiger charge is 2.05. The second kappa shape index (κ2) is 4.77. The molecular formula is C7H18N2. The molecule has 1 aliphatic carbocycles. The van der Waals surface area contributed by atoms with E-state index < -0.39 is 0 Å². The summed E-state index contributed by atoms with van der Waals surface area (Å²) in [5, 5.41) is 0. The van der Waals surface area contributed by atoms with Gasteiger partial charge >= 0.3 is 0 Å². The Morgan fingerprint density at radius 2 is 1.33 bits per heavy atom. The quantitative estimate of drug-likeness (QED) is 0.491. The molecule has 0 atom stereocenters. The minimum Gasteiger partial charge on any atom is -0.344 e. The molecule has 0 aliphatic heterocycles. The topological polar surface area (TPSA) is 61.0 Å². The summed E-state index contributed by atoms with van der Waals surface area (Å²) in [6.45, 7) is 0. The Bertz CT molecular complexity index is 55.9. The van der Waals surface area contributed by atoms with E-state index in [1.807, 2.05) is 0 Å². The van der Waals surface area contributed by atoms with Crippen LogP contribution in [0.5, 0.6) is 0 Å². The average Bonchev–Trinajstić information content (AvgIpc) is 1.94. The molecule has 2 heteroatoms. The van der Waals surface area contributed by atoms with Gasteiger partial charge < -0.3 is 11.9 Å². The van der Waals surface area contributed by atoms with Crippen LogP contribution in [0.25, 0.3) is 0 Å². The zero-order valence-corrected chi connectivity index (χ0v) is 6.10. The Morgan fingerprint density at radius 1 is 0.889 bits per heavy atom. The molecular weight excluding hydrogens is 112 g/mol. The van der Waals surface area contributed by atoms with E-state index in [1.165, 1.54) is 38.5 Å². The van der Waals surface area contributed by atoms with Crippen molar-refractivity contribution in [1.29, 1.82) is 0 Å². The smallest absolute Gasteiger partial charge is 0.00388 e. The molecule has 5 N–H and O–H groups in total. The van der Waals surface area contributed by atoms with Crippen molar-refractivity contribution >= 4 is 0 Å². The van der Waals surface area contributed by atoms with Crippen LogP contribution < -0.4 is 11.9 Å². The molecule has 1 aliphatic rings. The summed E-state index contributed by atoms with van der Waals surface area (Å²) in [5.41, 5.74) is 5.73. The van der Waals surface area contributed by atoms with Crippen LogP contribution >= 0.6 is 0 Å². The summed E-state index contributed by atoms with van der Waals surface area (Å²) in [5.74, 6) is 0. The summed E-state index contributed by atoms with van der Waals surface area (Å²) in [4.78, 5) is 0. The summed E-state index contributed by atoms with van der Waals surface area (Å²) < 4.78 is 0. The molecule has 56 valence electrons. The third-order valence-corrected chi connectivity index (χ3v) is 1.90. The largest absolute Gasteiger partial charge is 0.344 e. The van der Waals surface area contributed by atoms with Crippen molar-refractivity contribution in [3.05, 3.63) is 0 Å². The first kappa shape index (κ1) is 8.92. The van der Waals surface area contributed by atoms with Crippen molar-refractivity contribution in [2.75, 3.05) is 0 Å². The van der Waals surface area contributed by atoms with E-state index in [9.17, 15) is 0 Å². The lowest BCUT2D eigenvalue weighted by molar-refractivity contribution is 0.583. The van der Waals surface area contributed by atoms with Crippen molar-refractivity contribution in [3.8, 4) is 0 Å². The zero-order valence-electron chi connectivity index (χ0n) is 6.10. The van der Waals surface area contributed by atoms with E-state index in [2.05, 4.69) is 0 Å². The Hall–Kier alpha value is -0.0800. The maximum atomic E-state index is 5.73. The van der Waals surface area contributed by atoms with Gasteiger partial charge in [0.1, 0.15) is 0 Å². The van der Waals surface area contributed by atoms with Crippen LogP contribution in [0.15, 0.2) is 0 Å². The molecule has 9 heavy (non-hydrogen) atoms. The van der Waals surface area contributed by atoms with E-state index in [-0.39, 0.29) is 6.15 Å². The molecule has 0 heterocycles. The normalized spacial score (nSPS) is 22.3. The summed E-state index contributed by atoms with van der Waals surface area (Å²) in [6.07, 6.45) is 8.07. The van der Waals surface area contributed by atoms with Gasteiger partial charge in [-0.1, -0.05) is 25.7 Å². The van der Waals surface area contributed by atoms with Crippen LogP contribution in [0.1, 0.15) is 38.5 Å². The number of nitrogens with two attached hydrogens (primary N) is 1. The number of rotatable bonds is 0. The van der Waals surface area contributed by atoms with E-state index in [1.54, 1.807) is 0 Å². The van der Waals surface area contributed by atoms with Crippen molar-refractivity contribution < 1.29 is 0 Å². The molecule has 1 saturated carbocycles. The predicted molar refractivity (Wildman–Crippen MR) is 40.7 cm³/mol. The van der Waals surface area contributed by atoms with Crippen LogP contribution in [-0.4, -0.2) is 6.04 Å². The first-order valence-electron chi connectivity index (χ1n) is 3.65. The average molecular weight is 130 g/mol. The van der Waals surface area contributed by atoms with Crippen LogP contribution in [0, 0.1) is 0 Å². The molecule has 1 fully saturated rings. The lowest BCUT2D eigenvalue weighted by atomic mass is 10.1. The van der Waals surface area contributed by atoms with E-state index in [0.29, 0.717) is 6.04 Å². The monoisotopic (exact) mass is 130 g/mol. The fourth-order valence-corrected chi connectivity index (χ4v) is 1.31. The molecule has 1 rings (SSSR count). The third kappa shape index (κ3) is 3.49. The van der Waals surface area contributed by atoms with Gasteiger partial charge in [-0.3, -0.25) is 0 Å². The second-order valence-electron chi connectivity index (χ2n) is 2.75. The lowest BCUT2D eigenvalue weighted by Gasteiger charge is -2.03. The van der Waals surface area contributed by atoms with E-state index in [4.69, 9.17) is 5.73 Å². The van der Waals surface area contributed by atoms with Gasteiger partial charge in [-0.2, -0.15) is 0 Å². The molecule has 0 amide bonds. The predicted octanol–water partition coefficient (Wildman–Crippen LogP) is 1.83. The maximum Gasteiger partial charge on any atom is 0.00388 e. The molecule has 0 spiro atoms. The molecule has 0 radical (unpaired) electrons. The standard InChI is InChI=1S/C7H15N.H3N/c8-7-5-3-1-2-4-6-7;/h7H,1-6,8H2;1H3. The highest BCUT2D eigenvalue weighted by molar-refractivity contribution is 4.64. The highest BCUT2D eigenvalue weighted by atomic mass is 14.6. The molecule has 0 unspecified atom stereocenters. The van der Waals surface area contributed by atoms with Gasteiger partial charge in [0.2, 0.25) is 0 Å². The number of hydrogen-bond acceptors (Lipinski definition) is 2. The van der Waals surface area contributed by atoms with Crippen molar-refractivity contribution in [2.24, 2.45) is 5.73 Å². The minimum absolute atomic E-state index is 0. The van der Waals surface area contributed by atoms with Gasteiger partial charge in [0.25, 0.3) is 0 Å². The van der Waals surface area contributed by atoms with Crippen molar-refractivity contribution in [1.82, 2.24) is 6.15 Å². The minimum atomic E-state index is 0. The van der Waals surface area contributed by atoms with E-state index >= 15 is 0 Å². The van der Waals surface area contributed by atoms with Crippen molar-refractivity contribution in [3.63, 3.8) is 0 Å². The molecule has 0 saturated heterocycles. The molecule has 0 aromatic heterocycles. The Labute approximate surface area is 57.4 Å². The van der Waals surface area contributed by atoms with Gasteiger partial charge in [-0.15, -0.1) is 0 Å². The van der Waals surface area contributed by atoms with Gasteiger partial charge in [0.15, 0.2) is 0 Å². The van der Waals surface area contributed by atoms with E-state index in [0.717, 1.165) is 0 Å². The van der Waals surface area contributed by atoms with Crippen LogP contribution in [0.3, 0.4) is 0 Å². The first-order chi connectivity index (χ1) is 3.89. The van der Waals surface area contributed by atoms with Gasteiger partial charge in [-0.25, -0.2) is 0 Å². The SMILES string of the molecule is N.NC1CCCCCC1. The fraction of sp³-hybridized carbons (Fsp3) is 1.00. The van der Waals surface area contributed by atoms with Gasteiger partial charge in [-0.05, 0) is 12.8 Å². The molecule has 2 nitrogen and oxygen atoms in total. The van der Waals surface area contributed by atoms with Crippen LogP contribution in [-0.2, 0) is 0 Å². The first-order valence-corrected chi connectivity index (χ1v) is 3.65. The summed E-state index contributed by atoms with van der Waals surface area (Å²) in [7, 11) is 0. The molecule has 0 aromatic rings. The summed E-state index contributed by atoms with van der Waals surface area (Å²) in [6, 6.07) is 0.525. The van der Waals surface area contributed by atoms with Crippen LogP contribution in [0.4, 0.5) is 0 Å². The Morgan fingerprint density at radius 3 is 1.78 bits per heavy atom. The number of hydrogen-bond donors (Lipinski definition) is 2. The van der Waals surface area contributed by atoms with Gasteiger partial charge in [0.05, 0.1) is 0 Å². The van der Waals surface area contributed by atoms with Crippen molar-refractivity contribution in [2.45, 2.75) is 44.6 Å². The summed E-state index contributed by atoms with van der Waals surface area (Å²) >= 11 is 0. The zero-order chi connectivity index (χ0) is 5.82. The van der Waals surface area contributed by atoms with Gasteiger partial charge in [0, 0.05) is 6.04 Å². The second-order valence-corrected chi connectivity index (χ2v) is 2.75. The third-order valence-electron chi connectivity index (χ3n) is 1.90. The molecule has 0 aromatic carbocycles. The maximum absolute atomic E-state index is 5.73. The fourth-order valence-electron chi connectivity index (χ4n) is 1.31. The van der Waals surface area contributed by atoms with Crippen LogP contribution in [0.2, 0.25) is 0 Å². The lowest BCUT2D eigenvalue weighted by Crippen LogP contribution is -2.17. The Kier molecular flexibility index (Phi) is 4.72. The highest BCUT2D eigenvalue weighted by Crippen LogP contribution is 2.14. The Balaban J connectivity index is 0.000000640. The molecule has 0 bridgehead atoms.